The van der Waals surface area contributed by atoms with E-state index in [9.17, 15) is 10.4 Å². The van der Waals surface area contributed by atoms with Gasteiger partial charge in [-0.3, -0.25) is 0 Å². The average Bonchev–Trinajstić information content (AvgIpc) is 2.54. The standard InChI is InChI=1S/C17H23NO3/c1-4-14(19)17(2,3)15-9-10-20-16(21-15)13-8-6-5-7-12(13)11-18/h5-8,14-16,19H,4,9-10H2,1-3H3/t14?,15-,16-/m0/s1. The molecule has 114 valence electrons. The van der Waals surface area contributed by atoms with Crippen molar-refractivity contribution in [2.45, 2.75) is 52.1 Å². The number of aliphatic hydroxyl groups excluding tert-OH is 1. The second-order valence-electron chi connectivity index (χ2n) is 6.06. The number of nitrogens with zero attached hydrogens (tertiary/aromatic N) is 1. The molecule has 2 rings (SSSR count). The molecule has 1 aliphatic rings. The van der Waals surface area contributed by atoms with Gasteiger partial charge in [0, 0.05) is 11.0 Å². The topological polar surface area (TPSA) is 62.5 Å². The molecule has 21 heavy (non-hydrogen) atoms. The molecule has 1 aliphatic heterocycles. The molecule has 1 aromatic rings. The van der Waals surface area contributed by atoms with Gasteiger partial charge in [-0.15, -0.1) is 0 Å². The molecule has 1 heterocycles. The van der Waals surface area contributed by atoms with E-state index in [0.717, 1.165) is 12.0 Å². The largest absolute Gasteiger partial charge is 0.392 e. The Morgan fingerprint density at radius 2 is 2.14 bits per heavy atom. The minimum absolute atomic E-state index is 0.0991. The molecule has 4 nitrogen and oxygen atoms in total. The summed E-state index contributed by atoms with van der Waals surface area (Å²) in [7, 11) is 0. The molecule has 0 saturated carbocycles. The first-order valence-corrected chi connectivity index (χ1v) is 7.44. The number of rotatable bonds is 4. The predicted molar refractivity (Wildman–Crippen MR) is 79.4 cm³/mol. The molecule has 1 aromatic carbocycles. The Bertz CT molecular complexity index is 521. The first-order chi connectivity index (χ1) is 10.0. The average molecular weight is 289 g/mol. The Labute approximate surface area is 126 Å². The van der Waals surface area contributed by atoms with Crippen molar-refractivity contribution in [1.82, 2.24) is 0 Å². The van der Waals surface area contributed by atoms with Crippen molar-refractivity contribution < 1.29 is 14.6 Å². The lowest BCUT2D eigenvalue weighted by Gasteiger charge is -2.42. The summed E-state index contributed by atoms with van der Waals surface area (Å²) in [5, 5.41) is 19.4. The van der Waals surface area contributed by atoms with Crippen LogP contribution in [-0.2, 0) is 9.47 Å². The highest BCUT2D eigenvalue weighted by molar-refractivity contribution is 5.38. The van der Waals surface area contributed by atoms with E-state index < -0.39 is 12.4 Å². The van der Waals surface area contributed by atoms with Gasteiger partial charge < -0.3 is 14.6 Å². The summed E-state index contributed by atoms with van der Waals surface area (Å²) in [6.45, 7) is 6.57. The molecule has 0 radical (unpaired) electrons. The molecule has 1 saturated heterocycles. The fourth-order valence-electron chi connectivity index (χ4n) is 2.79. The van der Waals surface area contributed by atoms with Gasteiger partial charge in [-0.05, 0) is 18.9 Å². The lowest BCUT2D eigenvalue weighted by molar-refractivity contribution is -0.251. The van der Waals surface area contributed by atoms with Crippen molar-refractivity contribution in [3.05, 3.63) is 35.4 Å². The Hall–Kier alpha value is -1.41. The second-order valence-corrected chi connectivity index (χ2v) is 6.06. The molecule has 1 fully saturated rings. The van der Waals surface area contributed by atoms with Gasteiger partial charge >= 0.3 is 0 Å². The van der Waals surface area contributed by atoms with Gasteiger partial charge in [-0.25, -0.2) is 0 Å². The number of benzene rings is 1. The van der Waals surface area contributed by atoms with Gasteiger partial charge in [-0.2, -0.15) is 5.26 Å². The fourth-order valence-corrected chi connectivity index (χ4v) is 2.79. The van der Waals surface area contributed by atoms with Crippen LogP contribution in [0.15, 0.2) is 24.3 Å². The Balaban J connectivity index is 2.20. The summed E-state index contributed by atoms with van der Waals surface area (Å²) in [5.74, 6) is 0. The number of ether oxygens (including phenoxy) is 2. The van der Waals surface area contributed by atoms with Gasteiger partial charge in [0.25, 0.3) is 0 Å². The van der Waals surface area contributed by atoms with Crippen LogP contribution in [0.3, 0.4) is 0 Å². The number of nitriles is 1. The summed E-state index contributed by atoms with van der Waals surface area (Å²) in [4.78, 5) is 0. The molecule has 0 bridgehead atoms. The van der Waals surface area contributed by atoms with Crippen molar-refractivity contribution in [3.8, 4) is 6.07 Å². The van der Waals surface area contributed by atoms with E-state index in [1.165, 1.54) is 0 Å². The highest BCUT2D eigenvalue weighted by Gasteiger charge is 2.40. The van der Waals surface area contributed by atoms with E-state index >= 15 is 0 Å². The molecule has 0 spiro atoms. The van der Waals surface area contributed by atoms with Gasteiger partial charge in [0.1, 0.15) is 0 Å². The Kier molecular flexibility index (Phi) is 5.00. The minimum Gasteiger partial charge on any atom is -0.392 e. The quantitative estimate of drug-likeness (QED) is 0.924. The van der Waals surface area contributed by atoms with Crippen molar-refractivity contribution in [2.75, 3.05) is 6.61 Å². The van der Waals surface area contributed by atoms with Crippen LogP contribution in [0.2, 0.25) is 0 Å². The first kappa shape index (κ1) is 16.0. The normalized spacial score (nSPS) is 24.3. The van der Waals surface area contributed by atoms with Gasteiger partial charge in [0.05, 0.1) is 30.4 Å². The van der Waals surface area contributed by atoms with Gasteiger partial charge in [0.15, 0.2) is 6.29 Å². The summed E-state index contributed by atoms with van der Waals surface area (Å²) in [5.41, 5.74) is 0.974. The number of hydrogen-bond donors (Lipinski definition) is 1. The highest BCUT2D eigenvalue weighted by Crippen LogP contribution is 2.38. The van der Waals surface area contributed by atoms with Gasteiger partial charge in [0.2, 0.25) is 0 Å². The maximum absolute atomic E-state index is 10.2. The SMILES string of the molecule is CCC(O)C(C)(C)[C@@H]1CCO[C@H](c2ccccc2C#N)O1. The van der Waals surface area contributed by atoms with Crippen LogP contribution < -0.4 is 0 Å². The second kappa shape index (κ2) is 6.57. The lowest BCUT2D eigenvalue weighted by Crippen LogP contribution is -2.45. The van der Waals surface area contributed by atoms with E-state index in [-0.39, 0.29) is 11.5 Å². The van der Waals surface area contributed by atoms with Crippen LogP contribution in [-0.4, -0.2) is 23.9 Å². The molecule has 0 aliphatic carbocycles. The van der Waals surface area contributed by atoms with E-state index in [0.29, 0.717) is 18.6 Å². The van der Waals surface area contributed by atoms with E-state index in [4.69, 9.17) is 9.47 Å². The summed E-state index contributed by atoms with van der Waals surface area (Å²) in [6, 6.07) is 9.49. The molecule has 3 atom stereocenters. The molecular formula is C17H23NO3. The third-order valence-electron chi connectivity index (χ3n) is 4.35. The monoisotopic (exact) mass is 289 g/mol. The number of aliphatic hydroxyl groups is 1. The molecule has 1 N–H and O–H groups in total. The van der Waals surface area contributed by atoms with Crippen molar-refractivity contribution in [1.29, 1.82) is 5.26 Å². The van der Waals surface area contributed by atoms with Crippen LogP contribution in [0.4, 0.5) is 0 Å². The third kappa shape index (κ3) is 3.26. The highest BCUT2D eigenvalue weighted by atomic mass is 16.7. The molecular weight excluding hydrogens is 266 g/mol. The van der Waals surface area contributed by atoms with Crippen LogP contribution in [0, 0.1) is 16.7 Å². The lowest BCUT2D eigenvalue weighted by atomic mass is 9.78. The predicted octanol–water partition coefficient (Wildman–Crippen LogP) is 3.16. The first-order valence-electron chi connectivity index (χ1n) is 7.44. The summed E-state index contributed by atoms with van der Waals surface area (Å²) >= 11 is 0. The molecule has 1 unspecified atom stereocenters. The molecule has 0 aromatic heterocycles. The third-order valence-corrected chi connectivity index (χ3v) is 4.35. The van der Waals surface area contributed by atoms with Crippen LogP contribution in [0.25, 0.3) is 0 Å². The zero-order valence-corrected chi connectivity index (χ0v) is 12.9. The van der Waals surface area contributed by atoms with E-state index in [1.807, 2.05) is 39.0 Å². The Morgan fingerprint density at radius 1 is 1.43 bits per heavy atom. The van der Waals surface area contributed by atoms with E-state index in [1.54, 1.807) is 6.07 Å². The van der Waals surface area contributed by atoms with Crippen LogP contribution >= 0.6 is 0 Å². The van der Waals surface area contributed by atoms with Crippen molar-refractivity contribution in [3.63, 3.8) is 0 Å². The van der Waals surface area contributed by atoms with Crippen molar-refractivity contribution >= 4 is 0 Å². The maximum atomic E-state index is 10.2. The van der Waals surface area contributed by atoms with E-state index in [2.05, 4.69) is 6.07 Å². The van der Waals surface area contributed by atoms with Crippen LogP contribution in [0.5, 0.6) is 0 Å². The number of hydrogen-bond acceptors (Lipinski definition) is 4. The minimum atomic E-state index is -0.539. The Morgan fingerprint density at radius 3 is 2.81 bits per heavy atom. The van der Waals surface area contributed by atoms with Crippen molar-refractivity contribution in [2.24, 2.45) is 5.41 Å². The summed E-state index contributed by atoms with van der Waals surface area (Å²) < 4.78 is 11.8. The molecule has 0 amide bonds. The van der Waals surface area contributed by atoms with Crippen LogP contribution in [0.1, 0.15) is 51.0 Å². The smallest absolute Gasteiger partial charge is 0.185 e. The molecule has 4 heteroatoms. The fraction of sp³-hybridized carbons (Fsp3) is 0.588. The summed E-state index contributed by atoms with van der Waals surface area (Å²) in [6.07, 6.45) is 0.371. The zero-order chi connectivity index (χ0) is 15.5. The van der Waals surface area contributed by atoms with Gasteiger partial charge in [-0.1, -0.05) is 39.0 Å². The zero-order valence-electron chi connectivity index (χ0n) is 12.9. The maximum Gasteiger partial charge on any atom is 0.185 e.